The fourth-order valence-electron chi connectivity index (χ4n) is 3.84. The Morgan fingerprint density at radius 2 is 1.94 bits per heavy atom. The van der Waals surface area contributed by atoms with Crippen LogP contribution in [0.25, 0.3) is 6.08 Å². The number of hydrogen-bond acceptors (Lipinski definition) is 6. The van der Waals surface area contributed by atoms with Gasteiger partial charge in [0.05, 0.1) is 29.0 Å². The van der Waals surface area contributed by atoms with E-state index in [4.69, 9.17) is 32.7 Å². The number of ether oxygens (including phenoxy) is 2. The van der Waals surface area contributed by atoms with E-state index in [0.29, 0.717) is 54.1 Å². The molecule has 1 aromatic heterocycles. The molecule has 6 nitrogen and oxygen atoms in total. The topological polar surface area (TPSA) is 69.9 Å². The van der Waals surface area contributed by atoms with Crippen molar-refractivity contribution in [1.29, 1.82) is 0 Å². The van der Waals surface area contributed by atoms with Crippen molar-refractivity contribution in [1.82, 2.24) is 4.57 Å². The second-order valence-corrected chi connectivity index (χ2v) is 9.29. The van der Waals surface area contributed by atoms with Crippen LogP contribution in [0.4, 0.5) is 0 Å². The number of nitrogens with zero attached hydrogens (tertiary/aromatic N) is 2. The number of carbonyl (C=O) groups is 1. The van der Waals surface area contributed by atoms with Crippen LogP contribution >= 0.6 is 34.5 Å². The number of halogens is 2. The average molecular weight is 517 g/mol. The van der Waals surface area contributed by atoms with Gasteiger partial charge in [-0.05, 0) is 50.6 Å². The second kappa shape index (κ2) is 10.2. The number of rotatable bonds is 6. The Morgan fingerprint density at radius 3 is 2.65 bits per heavy atom. The molecule has 0 spiro atoms. The van der Waals surface area contributed by atoms with Crippen LogP contribution in [-0.2, 0) is 9.53 Å². The first kappa shape index (κ1) is 24.3. The lowest BCUT2D eigenvalue weighted by Gasteiger charge is -2.26. The maximum Gasteiger partial charge on any atom is 0.338 e. The Balaban J connectivity index is 1.99. The van der Waals surface area contributed by atoms with Crippen LogP contribution in [0.3, 0.4) is 0 Å². The molecule has 3 aromatic rings. The van der Waals surface area contributed by atoms with Crippen LogP contribution in [0.1, 0.15) is 37.9 Å². The molecule has 4 rings (SSSR count). The van der Waals surface area contributed by atoms with Gasteiger partial charge in [0.1, 0.15) is 11.8 Å². The van der Waals surface area contributed by atoms with Crippen molar-refractivity contribution < 1.29 is 14.3 Å². The van der Waals surface area contributed by atoms with Crippen molar-refractivity contribution in [2.45, 2.75) is 26.8 Å². The van der Waals surface area contributed by atoms with Crippen LogP contribution in [0.5, 0.6) is 5.75 Å². The monoisotopic (exact) mass is 516 g/mol. The Morgan fingerprint density at radius 1 is 1.18 bits per heavy atom. The highest BCUT2D eigenvalue weighted by atomic mass is 35.5. The number of allylic oxidation sites excluding steroid dienone is 1. The number of esters is 1. The lowest BCUT2D eigenvalue weighted by molar-refractivity contribution is -0.139. The minimum atomic E-state index is -0.749. The van der Waals surface area contributed by atoms with Gasteiger partial charge in [-0.25, -0.2) is 9.79 Å². The molecule has 0 N–H and O–H groups in total. The standard InChI is InChI=1S/C25H22Cl2N2O4S/c1-4-32-19-9-7-6-8-17(19)22-21(24(31)33-5-2)14(3)28-25-29(22)23(30)20(34-25)12-15-10-11-16(26)13-18(15)27/h6-13,22H,4-5H2,1-3H3/b20-12-/t22-/m0/s1. The fraction of sp³-hybridized carbons (Fsp3) is 0.240. The number of thiazole rings is 1. The molecule has 2 heterocycles. The molecular formula is C25H22Cl2N2O4S. The molecule has 0 aliphatic carbocycles. The van der Waals surface area contributed by atoms with E-state index in [9.17, 15) is 9.59 Å². The van der Waals surface area contributed by atoms with E-state index in [1.165, 1.54) is 15.9 Å². The van der Waals surface area contributed by atoms with Gasteiger partial charge in [-0.1, -0.05) is 58.8 Å². The first-order chi connectivity index (χ1) is 16.3. The Bertz CT molecular complexity index is 1470. The minimum absolute atomic E-state index is 0.203. The average Bonchev–Trinajstić information content (AvgIpc) is 3.10. The zero-order chi connectivity index (χ0) is 24.4. The summed E-state index contributed by atoms with van der Waals surface area (Å²) in [6.07, 6.45) is 1.71. The van der Waals surface area contributed by atoms with Gasteiger partial charge in [0.25, 0.3) is 5.56 Å². The first-order valence-electron chi connectivity index (χ1n) is 10.7. The van der Waals surface area contributed by atoms with Crippen LogP contribution in [0, 0.1) is 0 Å². The summed E-state index contributed by atoms with van der Waals surface area (Å²) in [5, 5.41) is 0.936. The molecule has 0 unspecified atom stereocenters. The number of fused-ring (bicyclic) bond motifs is 1. The number of benzene rings is 2. The third kappa shape index (κ3) is 4.56. The van der Waals surface area contributed by atoms with Crippen LogP contribution in [0.2, 0.25) is 10.0 Å². The third-order valence-corrected chi connectivity index (χ3v) is 6.82. The lowest BCUT2D eigenvalue weighted by Crippen LogP contribution is -2.40. The van der Waals surface area contributed by atoms with E-state index in [-0.39, 0.29) is 12.2 Å². The first-order valence-corrected chi connectivity index (χ1v) is 12.3. The van der Waals surface area contributed by atoms with E-state index < -0.39 is 12.0 Å². The molecule has 1 aliphatic rings. The van der Waals surface area contributed by atoms with Crippen molar-refractivity contribution >= 4 is 46.6 Å². The fourth-order valence-corrected chi connectivity index (χ4v) is 5.34. The Kier molecular flexibility index (Phi) is 7.26. The summed E-state index contributed by atoms with van der Waals surface area (Å²) < 4.78 is 13.1. The van der Waals surface area contributed by atoms with Gasteiger partial charge < -0.3 is 9.47 Å². The van der Waals surface area contributed by atoms with E-state index in [0.717, 1.165) is 0 Å². The van der Waals surface area contributed by atoms with Crippen molar-refractivity contribution in [3.05, 3.63) is 94.6 Å². The van der Waals surface area contributed by atoms with Crippen molar-refractivity contribution in [2.24, 2.45) is 4.99 Å². The predicted molar refractivity (Wildman–Crippen MR) is 134 cm³/mol. The van der Waals surface area contributed by atoms with Gasteiger partial charge in [-0.3, -0.25) is 9.36 Å². The Hall–Kier alpha value is -2.87. The molecular weight excluding hydrogens is 495 g/mol. The molecule has 1 atom stereocenters. The number of carbonyl (C=O) groups excluding carboxylic acids is 1. The number of aromatic nitrogens is 1. The van der Waals surface area contributed by atoms with Crippen LogP contribution in [0.15, 0.2) is 63.5 Å². The molecule has 0 saturated carbocycles. The Labute approximate surface area is 210 Å². The maximum absolute atomic E-state index is 13.7. The molecule has 0 fully saturated rings. The second-order valence-electron chi connectivity index (χ2n) is 7.44. The van der Waals surface area contributed by atoms with E-state index in [2.05, 4.69) is 4.99 Å². The third-order valence-electron chi connectivity index (χ3n) is 5.28. The summed E-state index contributed by atoms with van der Waals surface area (Å²) in [5.74, 6) is 0.0666. The summed E-state index contributed by atoms with van der Waals surface area (Å²) in [5.41, 5.74) is 1.84. The van der Waals surface area contributed by atoms with Crippen molar-refractivity contribution in [2.75, 3.05) is 13.2 Å². The molecule has 1 aliphatic heterocycles. The quantitative estimate of drug-likeness (QED) is 0.452. The molecule has 9 heteroatoms. The highest BCUT2D eigenvalue weighted by molar-refractivity contribution is 7.07. The number of hydrogen-bond donors (Lipinski definition) is 0. The van der Waals surface area contributed by atoms with Gasteiger partial charge in [-0.15, -0.1) is 0 Å². The van der Waals surface area contributed by atoms with E-state index >= 15 is 0 Å². The smallest absolute Gasteiger partial charge is 0.338 e. The molecule has 176 valence electrons. The van der Waals surface area contributed by atoms with Gasteiger partial charge in [-0.2, -0.15) is 0 Å². The molecule has 34 heavy (non-hydrogen) atoms. The van der Waals surface area contributed by atoms with Gasteiger partial charge in [0.2, 0.25) is 0 Å². The SMILES string of the molecule is CCOC(=O)C1=C(C)N=c2s/c(=C\c3ccc(Cl)cc3Cl)c(=O)n2[C@H]1c1ccccc1OCC. The van der Waals surface area contributed by atoms with Gasteiger partial charge in [0, 0.05) is 15.6 Å². The lowest BCUT2D eigenvalue weighted by atomic mass is 9.95. The van der Waals surface area contributed by atoms with E-state index in [1.54, 1.807) is 38.1 Å². The highest BCUT2D eigenvalue weighted by Crippen LogP contribution is 2.35. The number of para-hydroxylation sites is 1. The molecule has 0 amide bonds. The van der Waals surface area contributed by atoms with Gasteiger partial charge in [0.15, 0.2) is 4.80 Å². The summed E-state index contributed by atoms with van der Waals surface area (Å²) in [6, 6.07) is 11.7. The highest BCUT2D eigenvalue weighted by Gasteiger charge is 2.35. The molecule has 2 aromatic carbocycles. The van der Waals surface area contributed by atoms with E-state index in [1.807, 2.05) is 31.2 Å². The summed E-state index contributed by atoms with van der Waals surface area (Å²) in [6.45, 7) is 6.00. The molecule has 0 saturated heterocycles. The summed E-state index contributed by atoms with van der Waals surface area (Å²) >= 11 is 13.6. The minimum Gasteiger partial charge on any atom is -0.494 e. The summed E-state index contributed by atoms with van der Waals surface area (Å²) in [7, 11) is 0. The largest absolute Gasteiger partial charge is 0.494 e. The van der Waals surface area contributed by atoms with Crippen molar-refractivity contribution in [3.8, 4) is 5.75 Å². The van der Waals surface area contributed by atoms with Crippen molar-refractivity contribution in [3.63, 3.8) is 0 Å². The predicted octanol–water partition coefficient (Wildman–Crippen LogP) is 4.50. The maximum atomic E-state index is 13.7. The molecule has 0 radical (unpaired) electrons. The normalized spacial score (nSPS) is 15.7. The van der Waals surface area contributed by atoms with Crippen LogP contribution in [-0.4, -0.2) is 23.8 Å². The molecule has 0 bridgehead atoms. The summed E-state index contributed by atoms with van der Waals surface area (Å²) in [4.78, 5) is 31.8. The zero-order valence-electron chi connectivity index (χ0n) is 18.8. The van der Waals surface area contributed by atoms with Gasteiger partial charge >= 0.3 is 5.97 Å². The zero-order valence-corrected chi connectivity index (χ0v) is 21.1. The van der Waals surface area contributed by atoms with Crippen LogP contribution < -0.4 is 19.6 Å².